The van der Waals surface area contributed by atoms with E-state index in [1.807, 2.05) is 13.0 Å². The summed E-state index contributed by atoms with van der Waals surface area (Å²) in [6.45, 7) is 2.03. The predicted octanol–water partition coefficient (Wildman–Crippen LogP) is 1.47. The summed E-state index contributed by atoms with van der Waals surface area (Å²) >= 11 is 0. The van der Waals surface area contributed by atoms with Gasteiger partial charge in [0, 0.05) is 29.6 Å². The lowest BCUT2D eigenvalue weighted by Gasteiger charge is -2.09. The minimum atomic E-state index is 0.00440. The van der Waals surface area contributed by atoms with Crippen LogP contribution in [0, 0.1) is 12.3 Å². The molecule has 1 heterocycles. The standard InChI is InChI=1S/C10H12N2/c1-3-8-5-6-12-7-9(8)10(11)4-2/h1,5-7,10H,4,11H2,2H3/t10-/m0/s1. The van der Waals surface area contributed by atoms with Crippen molar-refractivity contribution in [2.75, 3.05) is 0 Å². The van der Waals surface area contributed by atoms with Crippen LogP contribution in [-0.2, 0) is 0 Å². The summed E-state index contributed by atoms with van der Waals surface area (Å²) in [7, 11) is 0. The van der Waals surface area contributed by atoms with Gasteiger partial charge in [0.2, 0.25) is 0 Å². The smallest absolute Gasteiger partial charge is 0.0328 e. The Morgan fingerprint density at radius 3 is 3.08 bits per heavy atom. The Balaban J connectivity index is 3.07. The minimum absolute atomic E-state index is 0.00440. The first-order valence-corrected chi connectivity index (χ1v) is 3.95. The van der Waals surface area contributed by atoms with Gasteiger partial charge in [0.15, 0.2) is 0 Å². The summed E-state index contributed by atoms with van der Waals surface area (Å²) in [6, 6.07) is 1.81. The molecule has 62 valence electrons. The van der Waals surface area contributed by atoms with E-state index in [9.17, 15) is 0 Å². The van der Waals surface area contributed by atoms with Crippen LogP contribution >= 0.6 is 0 Å². The number of pyridine rings is 1. The van der Waals surface area contributed by atoms with Gasteiger partial charge in [-0.25, -0.2) is 0 Å². The first-order chi connectivity index (χ1) is 5.79. The molecule has 2 heteroatoms. The molecule has 0 spiro atoms. The van der Waals surface area contributed by atoms with E-state index in [-0.39, 0.29) is 6.04 Å². The number of rotatable bonds is 2. The quantitative estimate of drug-likeness (QED) is 0.665. The molecule has 0 radical (unpaired) electrons. The summed E-state index contributed by atoms with van der Waals surface area (Å²) in [5.74, 6) is 2.59. The minimum Gasteiger partial charge on any atom is -0.324 e. The fourth-order valence-electron chi connectivity index (χ4n) is 1.05. The molecule has 1 aromatic heterocycles. The molecule has 12 heavy (non-hydrogen) atoms. The third kappa shape index (κ3) is 1.63. The van der Waals surface area contributed by atoms with Crippen LogP contribution in [0.3, 0.4) is 0 Å². The van der Waals surface area contributed by atoms with Gasteiger partial charge in [-0.15, -0.1) is 6.42 Å². The van der Waals surface area contributed by atoms with Crippen molar-refractivity contribution in [3.05, 3.63) is 29.6 Å². The van der Waals surface area contributed by atoms with Gasteiger partial charge in [-0.05, 0) is 12.5 Å². The van der Waals surface area contributed by atoms with Crippen LogP contribution in [0.1, 0.15) is 30.5 Å². The zero-order valence-corrected chi connectivity index (χ0v) is 7.12. The molecule has 1 aromatic rings. The van der Waals surface area contributed by atoms with Crippen molar-refractivity contribution in [1.82, 2.24) is 4.98 Å². The van der Waals surface area contributed by atoms with E-state index in [4.69, 9.17) is 12.2 Å². The first-order valence-electron chi connectivity index (χ1n) is 3.95. The van der Waals surface area contributed by atoms with Crippen molar-refractivity contribution in [1.29, 1.82) is 0 Å². The monoisotopic (exact) mass is 160 g/mol. The molecule has 1 atom stereocenters. The SMILES string of the molecule is C#Cc1ccncc1[C@@H](N)CC. The van der Waals surface area contributed by atoms with Crippen LogP contribution in [0.15, 0.2) is 18.5 Å². The van der Waals surface area contributed by atoms with Gasteiger partial charge in [0.25, 0.3) is 0 Å². The number of nitrogens with zero attached hydrogens (tertiary/aromatic N) is 1. The first kappa shape index (κ1) is 8.76. The highest BCUT2D eigenvalue weighted by atomic mass is 14.7. The van der Waals surface area contributed by atoms with Crippen molar-refractivity contribution in [3.63, 3.8) is 0 Å². The lowest BCUT2D eigenvalue weighted by atomic mass is 10.0. The highest BCUT2D eigenvalue weighted by molar-refractivity contribution is 5.39. The van der Waals surface area contributed by atoms with Gasteiger partial charge < -0.3 is 5.73 Å². The van der Waals surface area contributed by atoms with Crippen LogP contribution in [0.4, 0.5) is 0 Å². The zero-order valence-electron chi connectivity index (χ0n) is 7.12. The van der Waals surface area contributed by atoms with Crippen LogP contribution in [0.2, 0.25) is 0 Å². The Morgan fingerprint density at radius 2 is 2.50 bits per heavy atom. The Morgan fingerprint density at radius 1 is 1.75 bits per heavy atom. The van der Waals surface area contributed by atoms with Crippen molar-refractivity contribution >= 4 is 0 Å². The van der Waals surface area contributed by atoms with Gasteiger partial charge in [-0.2, -0.15) is 0 Å². The van der Waals surface area contributed by atoms with Gasteiger partial charge in [0.05, 0.1) is 0 Å². The number of terminal acetylenes is 1. The summed E-state index contributed by atoms with van der Waals surface area (Å²) in [5, 5.41) is 0. The average molecular weight is 160 g/mol. The lowest BCUT2D eigenvalue weighted by Crippen LogP contribution is -2.10. The lowest BCUT2D eigenvalue weighted by molar-refractivity contribution is 0.693. The molecule has 0 aliphatic heterocycles. The molecule has 0 aromatic carbocycles. The summed E-state index contributed by atoms with van der Waals surface area (Å²) in [4.78, 5) is 3.99. The van der Waals surface area contributed by atoms with Gasteiger partial charge in [-0.3, -0.25) is 4.98 Å². The van der Waals surface area contributed by atoms with E-state index in [0.717, 1.165) is 17.5 Å². The predicted molar refractivity (Wildman–Crippen MR) is 49.4 cm³/mol. The second-order valence-electron chi connectivity index (χ2n) is 2.62. The largest absolute Gasteiger partial charge is 0.324 e. The number of hydrogen-bond donors (Lipinski definition) is 1. The summed E-state index contributed by atoms with van der Waals surface area (Å²) in [6.07, 6.45) is 9.61. The Labute approximate surface area is 72.8 Å². The normalized spacial score (nSPS) is 12.1. The molecule has 0 amide bonds. The highest BCUT2D eigenvalue weighted by Crippen LogP contribution is 2.15. The van der Waals surface area contributed by atoms with Crippen molar-refractivity contribution in [3.8, 4) is 12.3 Å². The summed E-state index contributed by atoms with van der Waals surface area (Å²) < 4.78 is 0. The molecule has 2 nitrogen and oxygen atoms in total. The molecular weight excluding hydrogens is 148 g/mol. The van der Waals surface area contributed by atoms with Gasteiger partial charge in [-0.1, -0.05) is 12.8 Å². The summed E-state index contributed by atoms with van der Waals surface area (Å²) in [5.41, 5.74) is 7.64. The van der Waals surface area contributed by atoms with E-state index in [1.54, 1.807) is 12.4 Å². The number of nitrogens with two attached hydrogens (primary N) is 1. The van der Waals surface area contributed by atoms with E-state index in [1.165, 1.54) is 0 Å². The van der Waals surface area contributed by atoms with Crippen LogP contribution < -0.4 is 5.73 Å². The molecule has 0 fully saturated rings. The molecule has 2 N–H and O–H groups in total. The maximum Gasteiger partial charge on any atom is 0.0328 e. The zero-order chi connectivity index (χ0) is 8.97. The molecule has 1 rings (SSSR count). The Kier molecular flexibility index (Phi) is 2.84. The van der Waals surface area contributed by atoms with Crippen LogP contribution in [-0.4, -0.2) is 4.98 Å². The molecule has 0 aliphatic rings. The molecular formula is C10H12N2. The Hall–Kier alpha value is -1.33. The van der Waals surface area contributed by atoms with Crippen LogP contribution in [0.5, 0.6) is 0 Å². The molecule has 0 aliphatic carbocycles. The topological polar surface area (TPSA) is 38.9 Å². The van der Waals surface area contributed by atoms with Crippen molar-refractivity contribution < 1.29 is 0 Å². The van der Waals surface area contributed by atoms with E-state index >= 15 is 0 Å². The number of aromatic nitrogens is 1. The van der Waals surface area contributed by atoms with Crippen molar-refractivity contribution in [2.24, 2.45) is 5.73 Å². The van der Waals surface area contributed by atoms with E-state index < -0.39 is 0 Å². The van der Waals surface area contributed by atoms with E-state index in [0.29, 0.717) is 0 Å². The molecule has 0 bridgehead atoms. The fraction of sp³-hybridized carbons (Fsp3) is 0.300. The van der Waals surface area contributed by atoms with E-state index in [2.05, 4.69) is 10.9 Å². The highest BCUT2D eigenvalue weighted by Gasteiger charge is 2.06. The van der Waals surface area contributed by atoms with Gasteiger partial charge in [0.1, 0.15) is 0 Å². The fourth-order valence-corrected chi connectivity index (χ4v) is 1.05. The third-order valence-electron chi connectivity index (χ3n) is 1.85. The maximum atomic E-state index is 5.84. The molecule has 0 saturated carbocycles. The third-order valence-corrected chi connectivity index (χ3v) is 1.85. The van der Waals surface area contributed by atoms with Crippen LogP contribution in [0.25, 0.3) is 0 Å². The molecule has 0 saturated heterocycles. The maximum absolute atomic E-state index is 5.84. The average Bonchev–Trinajstić information content (AvgIpc) is 2.16. The molecule has 0 unspecified atom stereocenters. The second-order valence-corrected chi connectivity index (χ2v) is 2.62. The Bertz CT molecular complexity index is 299. The van der Waals surface area contributed by atoms with Gasteiger partial charge >= 0.3 is 0 Å². The van der Waals surface area contributed by atoms with Crippen molar-refractivity contribution in [2.45, 2.75) is 19.4 Å². The second kappa shape index (κ2) is 3.89. The number of hydrogen-bond acceptors (Lipinski definition) is 2.